The van der Waals surface area contributed by atoms with Gasteiger partial charge in [-0.05, 0) is 12.0 Å². The number of hydrogen-bond acceptors (Lipinski definition) is 4. The maximum absolute atomic E-state index is 12.2. The number of H-pyrrole nitrogens is 1. The Balaban J connectivity index is 1.95. The molecule has 7 heteroatoms. The topological polar surface area (TPSA) is 72.7 Å². The highest BCUT2D eigenvalue weighted by molar-refractivity contribution is 7.99. The molecule has 0 aliphatic rings. The van der Waals surface area contributed by atoms with Crippen LogP contribution < -0.4 is 11.2 Å². The van der Waals surface area contributed by atoms with Gasteiger partial charge in [-0.1, -0.05) is 48.2 Å². The van der Waals surface area contributed by atoms with Gasteiger partial charge < -0.3 is 4.57 Å². The van der Waals surface area contributed by atoms with Gasteiger partial charge in [-0.3, -0.25) is 14.3 Å². The summed E-state index contributed by atoms with van der Waals surface area (Å²) in [4.78, 5) is 30.8. The first kappa shape index (κ1) is 16.3. The molecule has 3 aromatic rings. The molecule has 0 bridgehead atoms. The van der Waals surface area contributed by atoms with Crippen LogP contribution in [-0.2, 0) is 20.0 Å². The van der Waals surface area contributed by atoms with E-state index in [1.165, 1.54) is 10.1 Å². The van der Waals surface area contributed by atoms with Crippen molar-refractivity contribution in [3.63, 3.8) is 0 Å². The van der Waals surface area contributed by atoms with Gasteiger partial charge in [0.15, 0.2) is 16.3 Å². The van der Waals surface area contributed by atoms with Gasteiger partial charge in [0.2, 0.25) is 0 Å². The van der Waals surface area contributed by atoms with Crippen molar-refractivity contribution in [2.24, 2.45) is 7.05 Å². The number of thioether (sulfide) groups is 1. The third-order valence-electron chi connectivity index (χ3n) is 3.75. The summed E-state index contributed by atoms with van der Waals surface area (Å²) in [6, 6.07) is 10.2. The zero-order valence-electron chi connectivity index (χ0n) is 13.4. The molecular formula is C17H18N4O2S. The van der Waals surface area contributed by atoms with E-state index < -0.39 is 11.2 Å². The van der Waals surface area contributed by atoms with E-state index >= 15 is 0 Å². The Morgan fingerprint density at radius 3 is 2.75 bits per heavy atom. The van der Waals surface area contributed by atoms with Crippen LogP contribution in [0.1, 0.15) is 5.56 Å². The zero-order chi connectivity index (χ0) is 17.1. The lowest BCUT2D eigenvalue weighted by atomic mass is 10.2. The lowest BCUT2D eigenvalue weighted by Crippen LogP contribution is -2.29. The average Bonchev–Trinajstić information content (AvgIpc) is 2.93. The number of allylic oxidation sites excluding steroid dienone is 1. The molecule has 0 saturated carbocycles. The Morgan fingerprint density at radius 2 is 2.04 bits per heavy atom. The van der Waals surface area contributed by atoms with Gasteiger partial charge in [-0.25, -0.2) is 9.78 Å². The van der Waals surface area contributed by atoms with Gasteiger partial charge in [0, 0.05) is 19.3 Å². The van der Waals surface area contributed by atoms with Crippen molar-refractivity contribution >= 4 is 22.9 Å². The molecule has 0 saturated heterocycles. The number of nitrogens with one attached hydrogen (secondary N) is 1. The van der Waals surface area contributed by atoms with Crippen molar-refractivity contribution < 1.29 is 0 Å². The smallest absolute Gasteiger partial charge is 0.309 e. The first-order valence-corrected chi connectivity index (χ1v) is 8.57. The van der Waals surface area contributed by atoms with E-state index in [1.807, 2.05) is 18.2 Å². The van der Waals surface area contributed by atoms with Crippen LogP contribution in [0.4, 0.5) is 0 Å². The molecule has 6 nitrogen and oxygen atoms in total. The molecule has 0 atom stereocenters. The highest BCUT2D eigenvalue weighted by atomic mass is 32.2. The predicted molar refractivity (Wildman–Crippen MR) is 96.7 cm³/mol. The molecular weight excluding hydrogens is 324 g/mol. The molecule has 0 unspecified atom stereocenters. The summed E-state index contributed by atoms with van der Waals surface area (Å²) in [5, 5.41) is 0.715. The van der Waals surface area contributed by atoms with Crippen molar-refractivity contribution in [1.29, 1.82) is 0 Å². The lowest BCUT2D eigenvalue weighted by Gasteiger charge is -2.05. The molecule has 0 spiro atoms. The number of imidazole rings is 1. The van der Waals surface area contributed by atoms with Crippen LogP contribution in [0.15, 0.2) is 57.7 Å². The number of benzene rings is 1. The molecule has 3 rings (SSSR count). The Labute approximate surface area is 142 Å². The van der Waals surface area contributed by atoms with E-state index in [0.717, 1.165) is 12.2 Å². The number of hydrogen-bond donors (Lipinski definition) is 1. The lowest BCUT2D eigenvalue weighted by molar-refractivity contribution is 0.745. The van der Waals surface area contributed by atoms with Crippen LogP contribution in [0.25, 0.3) is 11.2 Å². The van der Waals surface area contributed by atoms with Crippen molar-refractivity contribution in [3.05, 3.63) is 69.4 Å². The quantitative estimate of drug-likeness (QED) is 0.549. The summed E-state index contributed by atoms with van der Waals surface area (Å²) in [6.07, 6.45) is 2.62. The number of fused-ring (bicyclic) bond motifs is 1. The normalized spacial score (nSPS) is 11.0. The summed E-state index contributed by atoms with van der Waals surface area (Å²) in [6.45, 7) is 4.21. The van der Waals surface area contributed by atoms with Crippen molar-refractivity contribution in [2.75, 3.05) is 5.75 Å². The average molecular weight is 342 g/mol. The molecule has 0 fully saturated rings. The summed E-state index contributed by atoms with van der Waals surface area (Å²) in [7, 11) is 1.60. The number of aromatic amines is 1. The molecule has 124 valence electrons. The van der Waals surface area contributed by atoms with Gasteiger partial charge in [-0.2, -0.15) is 0 Å². The van der Waals surface area contributed by atoms with E-state index in [2.05, 4.69) is 28.7 Å². The largest absolute Gasteiger partial charge is 0.329 e. The second kappa shape index (κ2) is 6.92. The number of aromatic nitrogens is 4. The molecule has 1 aromatic carbocycles. The van der Waals surface area contributed by atoms with Gasteiger partial charge in [-0.15, -0.1) is 6.58 Å². The number of aryl methyl sites for hydroxylation is 2. The van der Waals surface area contributed by atoms with Crippen molar-refractivity contribution in [1.82, 2.24) is 19.1 Å². The van der Waals surface area contributed by atoms with Crippen LogP contribution >= 0.6 is 11.8 Å². The summed E-state index contributed by atoms with van der Waals surface area (Å²) in [5.74, 6) is 0.830. The Bertz CT molecular complexity index is 985. The van der Waals surface area contributed by atoms with E-state index in [4.69, 9.17) is 0 Å². The predicted octanol–water partition coefficient (Wildman–Crippen LogP) is 1.94. The maximum Gasteiger partial charge on any atom is 0.329 e. The Kier molecular flexibility index (Phi) is 4.71. The van der Waals surface area contributed by atoms with Gasteiger partial charge >= 0.3 is 5.69 Å². The minimum absolute atomic E-state index is 0.396. The molecule has 24 heavy (non-hydrogen) atoms. The Hall–Kier alpha value is -2.54. The third-order valence-corrected chi connectivity index (χ3v) is 4.73. The first-order valence-electron chi connectivity index (χ1n) is 7.59. The summed E-state index contributed by atoms with van der Waals surface area (Å²) in [5.41, 5.74) is 1.17. The molecule has 0 amide bonds. The maximum atomic E-state index is 12.2. The minimum atomic E-state index is -0.461. The van der Waals surface area contributed by atoms with Gasteiger partial charge in [0.05, 0.1) is 0 Å². The zero-order valence-corrected chi connectivity index (χ0v) is 14.2. The van der Waals surface area contributed by atoms with Gasteiger partial charge in [0.25, 0.3) is 5.56 Å². The van der Waals surface area contributed by atoms with E-state index in [9.17, 15) is 9.59 Å². The number of nitrogens with zero attached hydrogens (tertiary/aromatic N) is 3. The highest BCUT2D eigenvalue weighted by Gasteiger charge is 2.16. The molecule has 0 aliphatic carbocycles. The van der Waals surface area contributed by atoms with E-state index in [1.54, 1.807) is 29.5 Å². The Morgan fingerprint density at radius 1 is 1.29 bits per heavy atom. The van der Waals surface area contributed by atoms with Crippen molar-refractivity contribution in [2.45, 2.75) is 18.1 Å². The van der Waals surface area contributed by atoms with Gasteiger partial charge in [0.1, 0.15) is 0 Å². The SMILES string of the molecule is C=CCn1c(SCCc2ccccc2)nc2c1c(=O)[nH]c(=O)n2C. The molecule has 2 aromatic heterocycles. The van der Waals surface area contributed by atoms with Crippen LogP contribution in [0.2, 0.25) is 0 Å². The monoisotopic (exact) mass is 342 g/mol. The second-order valence-electron chi connectivity index (χ2n) is 5.37. The van der Waals surface area contributed by atoms with Crippen molar-refractivity contribution in [3.8, 4) is 0 Å². The second-order valence-corrected chi connectivity index (χ2v) is 6.43. The number of rotatable bonds is 6. The first-order chi connectivity index (χ1) is 11.6. The third kappa shape index (κ3) is 3.07. The molecule has 0 radical (unpaired) electrons. The standard InChI is InChI=1S/C17H18N4O2S/c1-3-10-21-13-14(20(2)16(23)19-15(13)22)18-17(21)24-11-9-12-7-5-4-6-8-12/h3-8H,1,9-11H2,2H3,(H,19,22,23). The molecule has 2 heterocycles. The fraction of sp³-hybridized carbons (Fsp3) is 0.235. The fourth-order valence-electron chi connectivity index (χ4n) is 2.53. The van der Waals surface area contributed by atoms with E-state index in [0.29, 0.717) is 22.9 Å². The molecule has 1 N–H and O–H groups in total. The van der Waals surface area contributed by atoms with Crippen LogP contribution in [-0.4, -0.2) is 24.9 Å². The fourth-order valence-corrected chi connectivity index (χ4v) is 3.52. The molecule has 0 aliphatic heterocycles. The van der Waals surface area contributed by atoms with Crippen LogP contribution in [0.5, 0.6) is 0 Å². The highest BCUT2D eigenvalue weighted by Crippen LogP contribution is 2.22. The summed E-state index contributed by atoms with van der Waals surface area (Å²) < 4.78 is 3.16. The van der Waals surface area contributed by atoms with E-state index in [-0.39, 0.29) is 0 Å². The van der Waals surface area contributed by atoms with Crippen LogP contribution in [0, 0.1) is 0 Å². The van der Waals surface area contributed by atoms with Crippen LogP contribution in [0.3, 0.4) is 0 Å². The minimum Gasteiger partial charge on any atom is -0.309 e. The summed E-state index contributed by atoms with van der Waals surface area (Å²) >= 11 is 1.57.